The largest absolute Gasteiger partial charge is 0.361 e. The summed E-state index contributed by atoms with van der Waals surface area (Å²) in [6.07, 6.45) is 2.70. The molecule has 4 rings (SSSR count). The van der Waals surface area contributed by atoms with Crippen molar-refractivity contribution in [2.45, 2.75) is 45.6 Å². The lowest BCUT2D eigenvalue weighted by Gasteiger charge is -2.24. The van der Waals surface area contributed by atoms with E-state index in [0.29, 0.717) is 24.6 Å². The van der Waals surface area contributed by atoms with Gasteiger partial charge >= 0.3 is 0 Å². The van der Waals surface area contributed by atoms with Gasteiger partial charge < -0.3 is 13.9 Å². The first kappa shape index (κ1) is 17.5. The van der Waals surface area contributed by atoms with Crippen LogP contribution in [0.3, 0.4) is 0 Å². The zero-order valence-corrected chi connectivity index (χ0v) is 15.5. The third-order valence-electron chi connectivity index (χ3n) is 5.05. The van der Waals surface area contributed by atoms with Crippen LogP contribution in [0.15, 0.2) is 39.4 Å². The van der Waals surface area contributed by atoms with E-state index in [9.17, 15) is 4.79 Å². The number of rotatable bonds is 5. The molecular weight excluding hydrogens is 344 g/mol. The number of hydrogen-bond donors (Lipinski definition) is 0. The fraction of sp³-hybridized carbons (Fsp3) is 0.400. The fourth-order valence-corrected chi connectivity index (χ4v) is 3.75. The third-order valence-corrected chi connectivity index (χ3v) is 5.05. The zero-order chi connectivity index (χ0) is 18.8. The van der Waals surface area contributed by atoms with Gasteiger partial charge in [0.25, 0.3) is 0 Å². The van der Waals surface area contributed by atoms with Crippen molar-refractivity contribution in [3.63, 3.8) is 0 Å². The summed E-state index contributed by atoms with van der Waals surface area (Å²) in [6, 6.07) is 9.70. The van der Waals surface area contributed by atoms with Gasteiger partial charge in [0.15, 0.2) is 0 Å². The lowest BCUT2D eigenvalue weighted by atomic mass is 10.0. The Bertz CT molecular complexity index is 912. The Hall–Kier alpha value is -2.96. The van der Waals surface area contributed by atoms with Crippen LogP contribution in [0.5, 0.6) is 0 Å². The first-order valence-corrected chi connectivity index (χ1v) is 9.23. The molecule has 1 aliphatic heterocycles. The molecule has 3 heterocycles. The number of nitrogens with zero attached hydrogens (tertiary/aromatic N) is 4. The van der Waals surface area contributed by atoms with Crippen LogP contribution in [-0.2, 0) is 11.2 Å². The zero-order valence-electron chi connectivity index (χ0n) is 15.5. The number of aryl methyl sites for hydroxylation is 3. The lowest BCUT2D eigenvalue weighted by molar-refractivity contribution is -0.132. The molecule has 7 nitrogen and oxygen atoms in total. The van der Waals surface area contributed by atoms with Gasteiger partial charge in [0.05, 0.1) is 11.7 Å². The van der Waals surface area contributed by atoms with Crippen LogP contribution in [0.25, 0.3) is 11.4 Å². The molecule has 0 spiro atoms. The van der Waals surface area contributed by atoms with Crippen molar-refractivity contribution >= 4 is 5.91 Å². The summed E-state index contributed by atoms with van der Waals surface area (Å²) in [7, 11) is 0. The Morgan fingerprint density at radius 2 is 2.00 bits per heavy atom. The maximum Gasteiger partial charge on any atom is 0.227 e. The van der Waals surface area contributed by atoms with E-state index in [1.807, 2.05) is 49.1 Å². The monoisotopic (exact) mass is 366 g/mol. The number of likely N-dealkylation sites (tertiary alicyclic amines) is 1. The van der Waals surface area contributed by atoms with Crippen molar-refractivity contribution in [2.75, 3.05) is 6.54 Å². The van der Waals surface area contributed by atoms with Crippen LogP contribution in [0, 0.1) is 13.8 Å². The van der Waals surface area contributed by atoms with E-state index in [-0.39, 0.29) is 11.9 Å². The molecule has 27 heavy (non-hydrogen) atoms. The van der Waals surface area contributed by atoms with Gasteiger partial charge in [0, 0.05) is 30.5 Å². The van der Waals surface area contributed by atoms with Crippen LogP contribution >= 0.6 is 0 Å². The van der Waals surface area contributed by atoms with Gasteiger partial charge in [-0.2, -0.15) is 4.98 Å². The third kappa shape index (κ3) is 3.49. The molecule has 0 aliphatic carbocycles. The molecule has 140 valence electrons. The van der Waals surface area contributed by atoms with E-state index in [1.54, 1.807) is 0 Å². The first-order valence-electron chi connectivity index (χ1n) is 9.23. The average Bonchev–Trinajstić information content (AvgIpc) is 3.41. The number of aromatic nitrogens is 3. The maximum atomic E-state index is 12.8. The predicted octanol–water partition coefficient (Wildman–Crippen LogP) is 3.64. The quantitative estimate of drug-likeness (QED) is 0.685. The van der Waals surface area contributed by atoms with Crippen LogP contribution < -0.4 is 0 Å². The highest BCUT2D eigenvalue weighted by atomic mass is 16.5. The van der Waals surface area contributed by atoms with Crippen molar-refractivity contribution in [3.05, 3.63) is 53.2 Å². The second-order valence-electron chi connectivity index (χ2n) is 6.86. The van der Waals surface area contributed by atoms with E-state index in [0.717, 1.165) is 42.0 Å². The second-order valence-corrected chi connectivity index (χ2v) is 6.86. The molecule has 1 saturated heterocycles. The topological polar surface area (TPSA) is 85.3 Å². The number of hydrogen-bond acceptors (Lipinski definition) is 6. The minimum atomic E-state index is 0.0475. The van der Waals surface area contributed by atoms with Crippen LogP contribution in [0.4, 0.5) is 0 Å². The summed E-state index contributed by atoms with van der Waals surface area (Å²) >= 11 is 0. The van der Waals surface area contributed by atoms with Gasteiger partial charge in [-0.3, -0.25) is 4.79 Å². The number of benzene rings is 1. The minimum absolute atomic E-state index is 0.0475. The maximum absolute atomic E-state index is 12.8. The van der Waals surface area contributed by atoms with E-state index >= 15 is 0 Å². The highest BCUT2D eigenvalue weighted by Gasteiger charge is 2.33. The lowest BCUT2D eigenvalue weighted by Crippen LogP contribution is -2.31. The SMILES string of the molecule is Cc1noc(C)c1[C@H]1CCCN1C(=O)CCc1nc(-c2ccccc2)no1. The summed E-state index contributed by atoms with van der Waals surface area (Å²) in [5, 5.41) is 8.04. The van der Waals surface area contributed by atoms with Crippen molar-refractivity contribution in [1.82, 2.24) is 20.2 Å². The molecule has 1 aliphatic rings. The molecule has 0 bridgehead atoms. The number of carbonyl (C=O) groups is 1. The van der Waals surface area contributed by atoms with Crippen molar-refractivity contribution < 1.29 is 13.8 Å². The Morgan fingerprint density at radius 3 is 2.74 bits per heavy atom. The molecule has 0 radical (unpaired) electrons. The smallest absolute Gasteiger partial charge is 0.227 e. The molecule has 3 aromatic rings. The minimum Gasteiger partial charge on any atom is -0.361 e. The summed E-state index contributed by atoms with van der Waals surface area (Å²) < 4.78 is 10.6. The molecule has 0 unspecified atom stereocenters. The summed E-state index contributed by atoms with van der Waals surface area (Å²) in [5.41, 5.74) is 2.81. The van der Waals surface area contributed by atoms with Crippen LogP contribution in [0.1, 0.15) is 48.2 Å². The van der Waals surface area contributed by atoms with Gasteiger partial charge in [0.2, 0.25) is 17.6 Å². The van der Waals surface area contributed by atoms with Gasteiger partial charge in [-0.05, 0) is 26.7 Å². The number of carbonyl (C=O) groups excluding carboxylic acids is 1. The first-order chi connectivity index (χ1) is 13.1. The van der Waals surface area contributed by atoms with Crippen LogP contribution in [-0.4, -0.2) is 32.6 Å². The molecule has 1 aromatic carbocycles. The van der Waals surface area contributed by atoms with Crippen molar-refractivity contribution in [3.8, 4) is 11.4 Å². The van der Waals surface area contributed by atoms with Gasteiger partial charge in [-0.15, -0.1) is 0 Å². The van der Waals surface area contributed by atoms with Gasteiger partial charge in [0.1, 0.15) is 5.76 Å². The average molecular weight is 366 g/mol. The molecule has 1 amide bonds. The highest BCUT2D eigenvalue weighted by Crippen LogP contribution is 2.36. The predicted molar refractivity (Wildman–Crippen MR) is 97.7 cm³/mol. The number of amides is 1. The normalized spacial score (nSPS) is 16.8. The van der Waals surface area contributed by atoms with E-state index in [2.05, 4.69) is 15.3 Å². The van der Waals surface area contributed by atoms with Crippen molar-refractivity contribution in [1.29, 1.82) is 0 Å². The highest BCUT2D eigenvalue weighted by molar-refractivity contribution is 5.77. The van der Waals surface area contributed by atoms with Crippen LogP contribution in [0.2, 0.25) is 0 Å². The summed E-state index contributed by atoms with van der Waals surface area (Å²) in [5.74, 6) is 1.92. The second kappa shape index (κ2) is 7.34. The summed E-state index contributed by atoms with van der Waals surface area (Å²) in [6.45, 7) is 4.59. The molecular formula is C20H22N4O3. The Labute approximate surface area is 157 Å². The Kier molecular flexibility index (Phi) is 4.75. The Morgan fingerprint density at radius 1 is 1.19 bits per heavy atom. The van der Waals surface area contributed by atoms with E-state index < -0.39 is 0 Å². The standard InChI is InChI=1S/C20H22N4O3/c1-13-19(14(2)26-22-13)16-9-6-12-24(16)18(25)11-10-17-21-20(23-27-17)15-7-4-3-5-8-15/h3-5,7-8,16H,6,9-12H2,1-2H3/t16-/m1/s1. The molecule has 2 aromatic heterocycles. The van der Waals surface area contributed by atoms with E-state index in [1.165, 1.54) is 0 Å². The van der Waals surface area contributed by atoms with Gasteiger partial charge in [-0.1, -0.05) is 40.6 Å². The summed E-state index contributed by atoms with van der Waals surface area (Å²) in [4.78, 5) is 19.1. The molecule has 1 atom stereocenters. The van der Waals surface area contributed by atoms with E-state index in [4.69, 9.17) is 9.05 Å². The van der Waals surface area contributed by atoms with Crippen molar-refractivity contribution in [2.24, 2.45) is 0 Å². The fourth-order valence-electron chi connectivity index (χ4n) is 3.75. The molecule has 0 N–H and O–H groups in total. The Balaban J connectivity index is 1.41. The molecule has 1 fully saturated rings. The molecule has 7 heteroatoms. The van der Waals surface area contributed by atoms with Gasteiger partial charge in [-0.25, -0.2) is 0 Å². The molecule has 0 saturated carbocycles.